The van der Waals surface area contributed by atoms with E-state index in [9.17, 15) is 9.59 Å². The Kier molecular flexibility index (Phi) is 5.91. The first kappa shape index (κ1) is 22.9. The van der Waals surface area contributed by atoms with Gasteiger partial charge in [0.2, 0.25) is 0 Å². The first-order chi connectivity index (χ1) is 16.9. The molecule has 2 aromatic heterocycles. The molecule has 1 aliphatic heterocycles. The average molecular weight is 556 g/mol. The highest BCUT2D eigenvalue weighted by Gasteiger charge is 2.34. The lowest BCUT2D eigenvalue weighted by molar-refractivity contribution is 0.103. The summed E-state index contributed by atoms with van der Waals surface area (Å²) in [5.41, 5.74) is 1.42. The van der Waals surface area contributed by atoms with Crippen molar-refractivity contribution in [2.75, 3.05) is 36.9 Å². The van der Waals surface area contributed by atoms with Gasteiger partial charge in [0.1, 0.15) is 21.8 Å². The van der Waals surface area contributed by atoms with Crippen molar-refractivity contribution in [3.05, 3.63) is 52.1 Å². The van der Waals surface area contributed by atoms with Crippen LogP contribution >= 0.6 is 27.3 Å². The van der Waals surface area contributed by atoms with E-state index in [1.165, 1.54) is 25.4 Å². The molecule has 0 spiro atoms. The Labute approximate surface area is 212 Å². The number of halogens is 1. The number of urea groups is 1. The van der Waals surface area contributed by atoms with E-state index in [1.54, 1.807) is 43.5 Å². The van der Waals surface area contributed by atoms with E-state index in [4.69, 9.17) is 14.2 Å². The van der Waals surface area contributed by atoms with E-state index in [-0.39, 0.29) is 0 Å². The third kappa shape index (κ3) is 3.90. The fourth-order valence-electron chi connectivity index (χ4n) is 3.75. The Morgan fingerprint density at radius 2 is 1.80 bits per heavy atom. The molecule has 2 aromatic carbocycles. The summed E-state index contributed by atoms with van der Waals surface area (Å²) in [5.74, 6) is 1.55. The van der Waals surface area contributed by atoms with Crippen LogP contribution in [0.1, 0.15) is 9.67 Å². The van der Waals surface area contributed by atoms with Gasteiger partial charge in [-0.1, -0.05) is 0 Å². The Balaban J connectivity index is 1.55. The summed E-state index contributed by atoms with van der Waals surface area (Å²) < 4.78 is 16.7. The fourth-order valence-corrected chi connectivity index (χ4v) is 5.15. The molecule has 5 rings (SSSR count). The first-order valence-electron chi connectivity index (χ1n) is 10.2. The summed E-state index contributed by atoms with van der Waals surface area (Å²) in [5, 5.41) is 6.26. The van der Waals surface area contributed by atoms with Crippen LogP contribution in [-0.2, 0) is 0 Å². The number of benzene rings is 2. The topological polar surface area (TPSA) is 115 Å². The van der Waals surface area contributed by atoms with Crippen LogP contribution in [0.15, 0.2) is 47.2 Å². The highest BCUT2D eigenvalue weighted by atomic mass is 79.9. The number of nitrogens with zero attached hydrogens (tertiary/aromatic N) is 3. The van der Waals surface area contributed by atoms with Gasteiger partial charge >= 0.3 is 6.03 Å². The zero-order valence-corrected chi connectivity index (χ0v) is 21.1. The number of rotatable bonds is 6. The van der Waals surface area contributed by atoms with Crippen molar-refractivity contribution in [1.29, 1.82) is 0 Å². The number of hydrogen-bond acceptors (Lipinski definition) is 8. The number of nitrogens with one attached hydrogen (secondary N) is 2. The molecule has 1 aliphatic rings. The largest absolute Gasteiger partial charge is 0.495 e. The van der Waals surface area contributed by atoms with E-state index in [1.807, 2.05) is 0 Å². The summed E-state index contributed by atoms with van der Waals surface area (Å²) in [6.07, 6.45) is 1.37. The quantitative estimate of drug-likeness (QED) is 0.326. The summed E-state index contributed by atoms with van der Waals surface area (Å²) in [6.45, 7) is 0. The van der Waals surface area contributed by atoms with E-state index >= 15 is 0 Å². The zero-order chi connectivity index (χ0) is 24.7. The van der Waals surface area contributed by atoms with Crippen molar-refractivity contribution in [2.24, 2.45) is 0 Å². The Bertz CT molecular complexity index is 1490. The van der Waals surface area contributed by atoms with Crippen LogP contribution in [0.4, 0.5) is 27.7 Å². The molecular formula is C23H18BrN5O5S. The van der Waals surface area contributed by atoms with Crippen LogP contribution in [0.25, 0.3) is 10.2 Å². The van der Waals surface area contributed by atoms with Crippen molar-refractivity contribution in [3.8, 4) is 17.2 Å². The standard InChI is InChI=1S/C23H18BrN5O5S/c1-32-14-7-4-11(8-16(14)34-3)27-21(30)19-18-17-20(25-10-26-22(17)35-19)29(23(31)28-18)12-5-6-13(24)15(9-12)33-2/h4-10H,1-3H3,(H,27,30)(H,28,31). The number of amides is 3. The molecule has 3 heterocycles. The number of anilines is 4. The molecule has 0 unspecified atom stereocenters. The minimum absolute atomic E-state index is 0.304. The summed E-state index contributed by atoms with van der Waals surface area (Å²) in [6, 6.07) is 9.86. The smallest absolute Gasteiger partial charge is 0.332 e. The maximum Gasteiger partial charge on any atom is 0.332 e. The van der Waals surface area contributed by atoms with Gasteiger partial charge in [-0.3, -0.25) is 4.79 Å². The molecule has 0 fully saturated rings. The molecule has 0 saturated carbocycles. The minimum Gasteiger partial charge on any atom is -0.495 e. The third-order valence-corrected chi connectivity index (χ3v) is 7.11. The van der Waals surface area contributed by atoms with Crippen molar-refractivity contribution in [2.45, 2.75) is 0 Å². The van der Waals surface area contributed by atoms with Gasteiger partial charge in [0, 0.05) is 17.8 Å². The van der Waals surface area contributed by atoms with Gasteiger partial charge in [0.25, 0.3) is 5.91 Å². The van der Waals surface area contributed by atoms with Gasteiger partial charge in [0.05, 0.1) is 42.6 Å². The van der Waals surface area contributed by atoms with Crippen molar-refractivity contribution in [3.63, 3.8) is 0 Å². The third-order valence-electron chi connectivity index (χ3n) is 5.36. The van der Waals surface area contributed by atoms with Crippen LogP contribution in [0.3, 0.4) is 0 Å². The van der Waals surface area contributed by atoms with E-state index < -0.39 is 11.9 Å². The summed E-state index contributed by atoms with van der Waals surface area (Å²) in [4.78, 5) is 37.4. The van der Waals surface area contributed by atoms with Gasteiger partial charge in [0.15, 0.2) is 17.3 Å². The second-order valence-electron chi connectivity index (χ2n) is 7.29. The van der Waals surface area contributed by atoms with Gasteiger partial charge in [-0.15, -0.1) is 11.3 Å². The predicted molar refractivity (Wildman–Crippen MR) is 137 cm³/mol. The molecule has 35 heavy (non-hydrogen) atoms. The first-order valence-corrected chi connectivity index (χ1v) is 11.8. The highest BCUT2D eigenvalue weighted by Crippen LogP contribution is 2.45. The van der Waals surface area contributed by atoms with Crippen molar-refractivity contribution >= 4 is 72.3 Å². The number of aromatic nitrogens is 2. The molecular weight excluding hydrogens is 538 g/mol. The molecule has 4 aromatic rings. The zero-order valence-electron chi connectivity index (χ0n) is 18.7. The second-order valence-corrected chi connectivity index (χ2v) is 9.15. The predicted octanol–water partition coefficient (Wildman–Crippen LogP) is 5.42. The van der Waals surface area contributed by atoms with E-state index in [0.29, 0.717) is 55.2 Å². The maximum absolute atomic E-state index is 13.2. The van der Waals surface area contributed by atoms with Crippen LogP contribution in [0.5, 0.6) is 17.2 Å². The maximum atomic E-state index is 13.2. The minimum atomic E-state index is -0.458. The van der Waals surface area contributed by atoms with Gasteiger partial charge in [-0.25, -0.2) is 19.7 Å². The lowest BCUT2D eigenvalue weighted by atomic mass is 10.2. The van der Waals surface area contributed by atoms with E-state index in [0.717, 1.165) is 15.8 Å². The number of thiophene rings is 1. The normalized spacial score (nSPS) is 12.3. The van der Waals surface area contributed by atoms with Gasteiger partial charge in [-0.05, 0) is 40.2 Å². The molecule has 0 bridgehead atoms. The summed E-state index contributed by atoms with van der Waals surface area (Å²) in [7, 11) is 4.60. The number of hydrogen-bond donors (Lipinski definition) is 2. The van der Waals surface area contributed by atoms with Gasteiger partial charge in [-0.2, -0.15) is 0 Å². The molecule has 2 N–H and O–H groups in total. The number of carbonyl (C=O) groups excluding carboxylic acids is 2. The van der Waals surface area contributed by atoms with Gasteiger partial charge < -0.3 is 24.8 Å². The average Bonchev–Trinajstić information content (AvgIpc) is 3.24. The number of methoxy groups -OCH3 is 3. The Hall–Kier alpha value is -3.90. The SMILES string of the molecule is COc1cc(N2C(=O)Nc3c(C(=O)Nc4ccc(OC)c(OC)c4)sc4ncnc2c34)ccc1Br. The Morgan fingerprint density at radius 3 is 2.54 bits per heavy atom. The summed E-state index contributed by atoms with van der Waals surface area (Å²) >= 11 is 4.59. The monoisotopic (exact) mass is 555 g/mol. The van der Waals surface area contributed by atoms with Crippen LogP contribution in [0, 0.1) is 0 Å². The lowest BCUT2D eigenvalue weighted by Crippen LogP contribution is -2.35. The highest BCUT2D eigenvalue weighted by molar-refractivity contribution is 9.10. The molecule has 3 amide bonds. The number of ether oxygens (including phenoxy) is 3. The lowest BCUT2D eigenvalue weighted by Gasteiger charge is -2.27. The van der Waals surface area contributed by atoms with Crippen molar-refractivity contribution in [1.82, 2.24) is 9.97 Å². The molecule has 0 atom stereocenters. The number of carbonyl (C=O) groups is 2. The van der Waals surface area contributed by atoms with Crippen LogP contribution in [-0.4, -0.2) is 43.2 Å². The molecule has 10 nitrogen and oxygen atoms in total. The van der Waals surface area contributed by atoms with Crippen LogP contribution < -0.4 is 29.7 Å². The molecule has 12 heteroatoms. The molecule has 0 saturated heterocycles. The fraction of sp³-hybridized carbons (Fsp3) is 0.130. The second kappa shape index (κ2) is 9.04. The van der Waals surface area contributed by atoms with Crippen LogP contribution in [0.2, 0.25) is 0 Å². The molecule has 178 valence electrons. The Morgan fingerprint density at radius 1 is 1.03 bits per heavy atom. The molecule has 0 aliphatic carbocycles. The molecule has 0 radical (unpaired) electrons. The van der Waals surface area contributed by atoms with Crippen molar-refractivity contribution < 1.29 is 23.8 Å². The van der Waals surface area contributed by atoms with E-state index in [2.05, 4.69) is 36.5 Å².